The van der Waals surface area contributed by atoms with Gasteiger partial charge in [-0.05, 0) is 30.3 Å². The summed E-state index contributed by atoms with van der Waals surface area (Å²) < 4.78 is 0.800. The molecule has 3 aromatic rings. The van der Waals surface area contributed by atoms with Crippen molar-refractivity contribution in [3.05, 3.63) is 45.9 Å². The maximum Gasteiger partial charge on any atom is 0.139 e. The minimum absolute atomic E-state index is 0.704. The lowest BCUT2D eigenvalue weighted by atomic mass is 10.2. The normalized spacial score (nSPS) is 10.9. The summed E-state index contributed by atoms with van der Waals surface area (Å²) in [6.07, 6.45) is 1.56. The molecule has 0 amide bonds. The molecular formula is C14H13ClN4S. The zero-order valence-electron chi connectivity index (χ0n) is 10.9. The number of aromatic nitrogens is 2. The number of hydrogen-bond donors (Lipinski definition) is 1. The van der Waals surface area contributed by atoms with Crippen LogP contribution in [0, 0.1) is 0 Å². The van der Waals surface area contributed by atoms with Crippen molar-refractivity contribution >= 4 is 45.3 Å². The van der Waals surface area contributed by atoms with Crippen LogP contribution >= 0.6 is 22.9 Å². The number of fused-ring (bicyclic) bond motifs is 1. The third-order valence-electron chi connectivity index (χ3n) is 3.02. The number of benzene rings is 1. The molecule has 2 N–H and O–H groups in total. The molecule has 0 unspecified atom stereocenters. The number of hydrogen-bond acceptors (Lipinski definition) is 5. The van der Waals surface area contributed by atoms with Crippen LogP contribution in [0.1, 0.15) is 4.88 Å². The van der Waals surface area contributed by atoms with Crippen molar-refractivity contribution in [2.24, 2.45) is 0 Å². The maximum atomic E-state index is 5.96. The topological polar surface area (TPSA) is 55.0 Å². The van der Waals surface area contributed by atoms with Gasteiger partial charge in [-0.2, -0.15) is 0 Å². The van der Waals surface area contributed by atoms with Crippen molar-refractivity contribution in [3.63, 3.8) is 0 Å². The highest BCUT2D eigenvalue weighted by Crippen LogP contribution is 2.27. The van der Waals surface area contributed by atoms with Gasteiger partial charge in [0.25, 0.3) is 0 Å². The molecule has 0 spiro atoms. The fraction of sp³-hybridized carbons (Fsp3) is 0.143. The fourth-order valence-corrected chi connectivity index (χ4v) is 3.25. The molecule has 0 aliphatic carbocycles. The molecule has 0 aliphatic heterocycles. The van der Waals surface area contributed by atoms with Gasteiger partial charge >= 0.3 is 0 Å². The van der Waals surface area contributed by atoms with Crippen molar-refractivity contribution in [2.45, 2.75) is 6.54 Å². The minimum Gasteiger partial charge on any atom is -0.399 e. The molecular weight excluding hydrogens is 292 g/mol. The van der Waals surface area contributed by atoms with E-state index >= 15 is 0 Å². The van der Waals surface area contributed by atoms with Crippen molar-refractivity contribution in [3.8, 4) is 0 Å². The van der Waals surface area contributed by atoms with Crippen LogP contribution in [0.4, 0.5) is 11.5 Å². The van der Waals surface area contributed by atoms with Gasteiger partial charge in [0.05, 0.1) is 16.4 Å². The highest BCUT2D eigenvalue weighted by atomic mass is 35.5. The van der Waals surface area contributed by atoms with E-state index in [9.17, 15) is 0 Å². The molecule has 2 aromatic heterocycles. The summed E-state index contributed by atoms with van der Waals surface area (Å²) in [5, 5.41) is 0.992. The van der Waals surface area contributed by atoms with Crippen molar-refractivity contribution in [1.29, 1.82) is 0 Å². The van der Waals surface area contributed by atoms with E-state index in [2.05, 4.69) is 14.9 Å². The second-order valence-electron chi connectivity index (χ2n) is 4.54. The molecule has 4 nitrogen and oxygen atoms in total. The quantitative estimate of drug-likeness (QED) is 0.752. The molecule has 0 fully saturated rings. The van der Waals surface area contributed by atoms with E-state index in [-0.39, 0.29) is 0 Å². The Morgan fingerprint density at radius 2 is 2.10 bits per heavy atom. The Kier molecular flexibility index (Phi) is 3.46. The van der Waals surface area contributed by atoms with Gasteiger partial charge in [0.15, 0.2) is 0 Å². The SMILES string of the molecule is CN(Cc1ccc(Cl)s1)c1ncnc2cc(N)ccc12. The Morgan fingerprint density at radius 3 is 2.85 bits per heavy atom. The second-order valence-corrected chi connectivity index (χ2v) is 6.34. The average Bonchev–Trinajstić information content (AvgIpc) is 2.83. The van der Waals surface area contributed by atoms with Crippen LogP contribution in [0.2, 0.25) is 4.34 Å². The summed E-state index contributed by atoms with van der Waals surface area (Å²) in [7, 11) is 2.01. The van der Waals surface area contributed by atoms with E-state index in [0.29, 0.717) is 5.69 Å². The maximum absolute atomic E-state index is 5.96. The summed E-state index contributed by atoms with van der Waals surface area (Å²) in [6.45, 7) is 0.758. The van der Waals surface area contributed by atoms with Crippen LogP contribution in [0.15, 0.2) is 36.7 Å². The van der Waals surface area contributed by atoms with E-state index in [1.807, 2.05) is 37.4 Å². The van der Waals surface area contributed by atoms with Crippen LogP contribution in [-0.4, -0.2) is 17.0 Å². The molecule has 0 bridgehead atoms. The zero-order valence-corrected chi connectivity index (χ0v) is 12.4. The largest absolute Gasteiger partial charge is 0.399 e. The number of thiophene rings is 1. The van der Waals surface area contributed by atoms with Gasteiger partial charge in [0.2, 0.25) is 0 Å². The monoisotopic (exact) mass is 304 g/mol. The van der Waals surface area contributed by atoms with Gasteiger partial charge in [-0.3, -0.25) is 0 Å². The van der Waals surface area contributed by atoms with E-state index < -0.39 is 0 Å². The first-order chi connectivity index (χ1) is 9.63. The number of rotatable bonds is 3. The van der Waals surface area contributed by atoms with E-state index in [4.69, 9.17) is 17.3 Å². The van der Waals surface area contributed by atoms with E-state index in [1.165, 1.54) is 4.88 Å². The summed E-state index contributed by atoms with van der Waals surface area (Å²) in [5.41, 5.74) is 7.35. The lowest BCUT2D eigenvalue weighted by molar-refractivity contribution is 0.915. The molecule has 20 heavy (non-hydrogen) atoms. The van der Waals surface area contributed by atoms with Crippen molar-refractivity contribution < 1.29 is 0 Å². The van der Waals surface area contributed by atoms with Gasteiger partial charge in [-0.15, -0.1) is 11.3 Å². The summed E-state index contributed by atoms with van der Waals surface area (Å²) in [5.74, 6) is 0.888. The number of nitrogen functional groups attached to an aromatic ring is 1. The zero-order chi connectivity index (χ0) is 14.1. The number of nitrogens with zero attached hydrogens (tertiary/aromatic N) is 3. The van der Waals surface area contributed by atoms with Gasteiger partial charge < -0.3 is 10.6 Å². The predicted molar refractivity (Wildman–Crippen MR) is 85.4 cm³/mol. The Bertz CT molecular complexity index is 756. The Hall–Kier alpha value is -1.85. The van der Waals surface area contributed by atoms with Gasteiger partial charge in [-0.25, -0.2) is 9.97 Å². The van der Waals surface area contributed by atoms with Gasteiger partial charge in [0, 0.05) is 23.0 Å². The highest BCUT2D eigenvalue weighted by Gasteiger charge is 2.10. The van der Waals surface area contributed by atoms with Crippen LogP contribution in [-0.2, 0) is 6.54 Å². The van der Waals surface area contributed by atoms with Crippen LogP contribution in [0.5, 0.6) is 0 Å². The summed E-state index contributed by atoms with van der Waals surface area (Å²) in [6, 6.07) is 9.62. The second kappa shape index (κ2) is 5.26. The summed E-state index contributed by atoms with van der Waals surface area (Å²) >= 11 is 7.54. The molecule has 0 atom stereocenters. The third-order valence-corrected chi connectivity index (χ3v) is 4.24. The molecule has 0 aliphatic rings. The minimum atomic E-state index is 0.704. The van der Waals surface area contributed by atoms with Crippen molar-refractivity contribution in [2.75, 3.05) is 17.7 Å². The fourth-order valence-electron chi connectivity index (χ4n) is 2.11. The smallest absolute Gasteiger partial charge is 0.139 e. The Labute approximate surface area is 125 Å². The molecule has 3 rings (SSSR count). The molecule has 102 valence electrons. The van der Waals surface area contributed by atoms with Crippen molar-refractivity contribution in [1.82, 2.24) is 9.97 Å². The predicted octanol–water partition coefficient (Wildman–Crippen LogP) is 3.56. The number of nitrogens with two attached hydrogens (primary N) is 1. The first kappa shape index (κ1) is 13.1. The molecule has 0 saturated heterocycles. The van der Waals surface area contributed by atoms with E-state index in [1.54, 1.807) is 17.7 Å². The van der Waals surface area contributed by atoms with Crippen LogP contribution in [0.25, 0.3) is 10.9 Å². The summed E-state index contributed by atoms with van der Waals surface area (Å²) in [4.78, 5) is 11.9. The Balaban J connectivity index is 1.96. The molecule has 0 radical (unpaired) electrons. The molecule has 0 saturated carbocycles. The highest BCUT2D eigenvalue weighted by molar-refractivity contribution is 7.16. The van der Waals surface area contributed by atoms with Gasteiger partial charge in [-0.1, -0.05) is 11.6 Å². The third kappa shape index (κ3) is 2.55. The van der Waals surface area contributed by atoms with Gasteiger partial charge in [0.1, 0.15) is 12.1 Å². The Morgan fingerprint density at radius 1 is 1.25 bits per heavy atom. The standard InChI is InChI=1S/C14H13ClN4S/c1-19(7-10-3-5-13(15)20-10)14-11-4-2-9(16)6-12(11)17-8-18-14/h2-6,8H,7,16H2,1H3. The first-order valence-electron chi connectivity index (χ1n) is 6.09. The van der Waals surface area contributed by atoms with Crippen LogP contribution < -0.4 is 10.6 Å². The molecule has 1 aromatic carbocycles. The lowest BCUT2D eigenvalue weighted by Crippen LogP contribution is -2.17. The average molecular weight is 305 g/mol. The lowest BCUT2D eigenvalue weighted by Gasteiger charge is -2.18. The molecule has 2 heterocycles. The first-order valence-corrected chi connectivity index (χ1v) is 7.28. The number of halogens is 1. The van der Waals surface area contributed by atoms with E-state index in [0.717, 1.165) is 27.6 Å². The molecule has 6 heteroatoms. The van der Waals surface area contributed by atoms with Crippen LogP contribution in [0.3, 0.4) is 0 Å². The number of anilines is 2.